The van der Waals surface area contributed by atoms with Crippen molar-refractivity contribution in [3.8, 4) is 0 Å². The van der Waals surface area contributed by atoms with Crippen LogP contribution in [0.25, 0.3) is 0 Å². The molecule has 0 bridgehead atoms. The molecular formula is C16H16ClF2N. The molecule has 20 heavy (non-hydrogen) atoms. The zero-order valence-corrected chi connectivity index (χ0v) is 12.2. The van der Waals surface area contributed by atoms with Gasteiger partial charge >= 0.3 is 0 Å². The predicted octanol–water partition coefficient (Wildman–Crippen LogP) is 4.90. The number of hydrogen-bond donors (Lipinski definition) is 0. The molecule has 0 aromatic heterocycles. The fraction of sp³-hybridized carbons (Fsp3) is 0.250. The van der Waals surface area contributed by atoms with E-state index < -0.39 is 0 Å². The predicted molar refractivity (Wildman–Crippen MR) is 79.2 cm³/mol. The summed E-state index contributed by atoms with van der Waals surface area (Å²) in [5.41, 5.74) is 1.63. The van der Waals surface area contributed by atoms with Gasteiger partial charge in [0.2, 0.25) is 0 Å². The number of nitrogens with zero attached hydrogens (tertiary/aromatic N) is 1. The first kappa shape index (κ1) is 14.8. The number of alkyl halides is 1. The lowest BCUT2D eigenvalue weighted by Crippen LogP contribution is -2.24. The lowest BCUT2D eigenvalue weighted by Gasteiger charge is -2.29. The maximum atomic E-state index is 14.1. The van der Waals surface area contributed by atoms with E-state index >= 15 is 0 Å². The van der Waals surface area contributed by atoms with Crippen molar-refractivity contribution >= 4 is 17.3 Å². The molecule has 106 valence electrons. The van der Waals surface area contributed by atoms with Gasteiger partial charge in [0, 0.05) is 18.5 Å². The molecule has 2 aromatic rings. The first-order valence-electron chi connectivity index (χ1n) is 6.37. The zero-order chi connectivity index (χ0) is 14.7. The minimum Gasteiger partial charge on any atom is -0.365 e. The molecule has 0 saturated heterocycles. The average molecular weight is 296 g/mol. The molecular weight excluding hydrogens is 280 g/mol. The molecule has 0 heterocycles. The molecule has 1 unspecified atom stereocenters. The van der Waals surface area contributed by atoms with E-state index in [9.17, 15) is 8.78 Å². The van der Waals surface area contributed by atoms with Gasteiger partial charge in [-0.3, -0.25) is 0 Å². The van der Waals surface area contributed by atoms with Gasteiger partial charge in [0.1, 0.15) is 11.6 Å². The third-order valence-electron chi connectivity index (χ3n) is 3.50. The molecule has 0 spiro atoms. The monoisotopic (exact) mass is 295 g/mol. The average Bonchev–Trinajstić information content (AvgIpc) is 2.46. The molecule has 0 aliphatic rings. The topological polar surface area (TPSA) is 3.24 Å². The number of hydrogen-bond acceptors (Lipinski definition) is 1. The minimum absolute atomic E-state index is 0.210. The van der Waals surface area contributed by atoms with Gasteiger partial charge in [0.25, 0.3) is 0 Å². The van der Waals surface area contributed by atoms with E-state index in [4.69, 9.17) is 11.6 Å². The highest BCUT2D eigenvalue weighted by Gasteiger charge is 2.20. The van der Waals surface area contributed by atoms with E-state index in [1.165, 1.54) is 12.1 Å². The van der Waals surface area contributed by atoms with Gasteiger partial charge in [-0.15, -0.1) is 11.6 Å². The Balaban J connectivity index is 2.41. The Morgan fingerprint density at radius 1 is 1.05 bits per heavy atom. The highest BCUT2D eigenvalue weighted by Crippen LogP contribution is 2.32. The van der Waals surface area contributed by atoms with Gasteiger partial charge in [0.05, 0.1) is 11.7 Å². The van der Waals surface area contributed by atoms with Crippen LogP contribution in [0.5, 0.6) is 0 Å². The van der Waals surface area contributed by atoms with Crippen LogP contribution < -0.4 is 4.90 Å². The summed E-state index contributed by atoms with van der Waals surface area (Å²) in [7, 11) is 1.74. The smallest absolute Gasteiger partial charge is 0.146 e. The summed E-state index contributed by atoms with van der Waals surface area (Å²) in [5, 5.41) is 0. The summed E-state index contributed by atoms with van der Waals surface area (Å²) in [6.07, 6.45) is 0. The molecule has 1 nitrogen and oxygen atoms in total. The van der Waals surface area contributed by atoms with Gasteiger partial charge < -0.3 is 4.90 Å². The van der Waals surface area contributed by atoms with E-state index in [0.717, 1.165) is 0 Å². The van der Waals surface area contributed by atoms with Gasteiger partial charge in [-0.1, -0.05) is 30.3 Å². The molecule has 4 heteroatoms. The van der Waals surface area contributed by atoms with Crippen LogP contribution in [0.15, 0.2) is 42.5 Å². The Morgan fingerprint density at radius 2 is 1.70 bits per heavy atom. The maximum absolute atomic E-state index is 14.1. The second-order valence-electron chi connectivity index (χ2n) is 4.69. The van der Waals surface area contributed by atoms with Crippen molar-refractivity contribution in [3.05, 3.63) is 65.2 Å². The lowest BCUT2D eigenvalue weighted by atomic mass is 10.0. The van der Waals surface area contributed by atoms with Crippen molar-refractivity contribution in [2.45, 2.75) is 18.8 Å². The molecule has 0 fully saturated rings. The van der Waals surface area contributed by atoms with Gasteiger partial charge in [-0.05, 0) is 24.6 Å². The van der Waals surface area contributed by atoms with E-state index in [1.54, 1.807) is 42.3 Å². The van der Waals surface area contributed by atoms with Crippen LogP contribution in [0.1, 0.15) is 24.1 Å². The van der Waals surface area contributed by atoms with Crippen molar-refractivity contribution in [1.82, 2.24) is 0 Å². The number of rotatable bonds is 4. The highest BCUT2D eigenvalue weighted by molar-refractivity contribution is 6.17. The first-order valence-corrected chi connectivity index (χ1v) is 6.90. The van der Waals surface area contributed by atoms with E-state index in [1.807, 2.05) is 6.92 Å². The second-order valence-corrected chi connectivity index (χ2v) is 4.96. The quantitative estimate of drug-likeness (QED) is 0.725. The van der Waals surface area contributed by atoms with Crippen molar-refractivity contribution in [2.24, 2.45) is 0 Å². The Kier molecular flexibility index (Phi) is 4.61. The Labute approximate surface area is 122 Å². The van der Waals surface area contributed by atoms with Crippen LogP contribution in [0.2, 0.25) is 0 Å². The highest BCUT2D eigenvalue weighted by atomic mass is 35.5. The summed E-state index contributed by atoms with van der Waals surface area (Å²) in [5.74, 6) is -0.439. The third-order valence-corrected chi connectivity index (χ3v) is 3.79. The van der Waals surface area contributed by atoms with Crippen LogP contribution in [-0.2, 0) is 5.88 Å². The largest absolute Gasteiger partial charge is 0.365 e. The summed E-state index contributed by atoms with van der Waals surface area (Å²) in [6.45, 7) is 1.84. The molecule has 2 rings (SSSR count). The van der Waals surface area contributed by atoms with Crippen LogP contribution in [-0.4, -0.2) is 7.05 Å². The van der Waals surface area contributed by atoms with Crippen LogP contribution in [0.4, 0.5) is 14.5 Å². The minimum atomic E-state index is -0.353. The molecule has 0 N–H and O–H groups in total. The number of benzene rings is 2. The lowest BCUT2D eigenvalue weighted by molar-refractivity contribution is 0.574. The summed E-state index contributed by atoms with van der Waals surface area (Å²) >= 11 is 5.86. The number of para-hydroxylation sites is 1. The van der Waals surface area contributed by atoms with Crippen molar-refractivity contribution in [2.75, 3.05) is 11.9 Å². The van der Waals surface area contributed by atoms with Crippen LogP contribution in [0.3, 0.4) is 0 Å². The van der Waals surface area contributed by atoms with Gasteiger partial charge in [-0.25, -0.2) is 8.78 Å². The normalized spacial score (nSPS) is 12.2. The number of halogens is 3. The molecule has 0 aliphatic carbocycles. The molecule has 1 atom stereocenters. The van der Waals surface area contributed by atoms with E-state index in [-0.39, 0.29) is 23.6 Å². The SMILES string of the molecule is CC(c1ccccc1F)N(C)c1c(F)cccc1CCl. The third kappa shape index (κ3) is 2.78. The van der Waals surface area contributed by atoms with Gasteiger partial charge in [0.15, 0.2) is 0 Å². The van der Waals surface area contributed by atoms with E-state index in [0.29, 0.717) is 16.8 Å². The van der Waals surface area contributed by atoms with Crippen molar-refractivity contribution in [1.29, 1.82) is 0 Å². The Bertz CT molecular complexity index is 601. The van der Waals surface area contributed by atoms with Crippen molar-refractivity contribution in [3.63, 3.8) is 0 Å². The fourth-order valence-electron chi connectivity index (χ4n) is 2.28. The molecule has 0 saturated carbocycles. The standard InChI is InChI=1S/C16H16ClF2N/c1-11(13-7-3-4-8-14(13)18)20(2)16-12(10-17)6-5-9-15(16)19/h3-9,11H,10H2,1-2H3. The fourth-order valence-corrected chi connectivity index (χ4v) is 2.49. The summed E-state index contributed by atoms with van der Waals surface area (Å²) < 4.78 is 27.9. The maximum Gasteiger partial charge on any atom is 0.146 e. The van der Waals surface area contributed by atoms with E-state index in [2.05, 4.69) is 0 Å². The van der Waals surface area contributed by atoms with Crippen LogP contribution in [0, 0.1) is 11.6 Å². The molecule has 2 aromatic carbocycles. The van der Waals surface area contributed by atoms with Crippen molar-refractivity contribution < 1.29 is 8.78 Å². The second kappa shape index (κ2) is 6.23. The number of anilines is 1. The van der Waals surface area contributed by atoms with Gasteiger partial charge in [-0.2, -0.15) is 0 Å². The molecule has 0 radical (unpaired) electrons. The first-order chi connectivity index (χ1) is 9.56. The Morgan fingerprint density at radius 3 is 2.35 bits per heavy atom. The summed E-state index contributed by atoms with van der Waals surface area (Å²) in [4.78, 5) is 1.71. The molecule has 0 amide bonds. The van der Waals surface area contributed by atoms with Crippen LogP contribution >= 0.6 is 11.6 Å². The Hall–Kier alpha value is -1.61. The zero-order valence-electron chi connectivity index (χ0n) is 11.4. The molecule has 0 aliphatic heterocycles. The summed E-state index contributed by atoms with van der Waals surface area (Å²) in [6, 6.07) is 11.0.